The normalized spacial score (nSPS) is 11.9. The highest BCUT2D eigenvalue weighted by atomic mass is 19.1. The molecule has 37 heavy (non-hydrogen) atoms. The van der Waals surface area contributed by atoms with E-state index in [0.717, 1.165) is 34.0 Å². The third kappa shape index (κ3) is 5.97. The van der Waals surface area contributed by atoms with E-state index in [1.165, 1.54) is 23.3 Å². The van der Waals surface area contributed by atoms with Gasteiger partial charge in [0.25, 0.3) is 0 Å². The third-order valence-corrected chi connectivity index (χ3v) is 6.87. The van der Waals surface area contributed by atoms with Gasteiger partial charge in [-0.05, 0) is 53.8 Å². The van der Waals surface area contributed by atoms with E-state index in [9.17, 15) is 9.18 Å². The van der Waals surface area contributed by atoms with Crippen LogP contribution in [0, 0.1) is 12.7 Å². The second-order valence-corrected chi connectivity index (χ2v) is 9.61. The van der Waals surface area contributed by atoms with Gasteiger partial charge in [-0.3, -0.25) is 4.79 Å². The minimum atomic E-state index is -0.236. The topological polar surface area (TPSA) is 34.0 Å². The highest BCUT2D eigenvalue weighted by molar-refractivity contribution is 5.86. The van der Waals surface area contributed by atoms with Crippen LogP contribution < -0.4 is 5.32 Å². The largest absolute Gasteiger partial charge is 0.356 e. The first-order valence-corrected chi connectivity index (χ1v) is 12.8. The molecule has 3 nitrogen and oxygen atoms in total. The number of hydrogen-bond acceptors (Lipinski definition) is 1. The second kappa shape index (κ2) is 11.3. The molecule has 1 aromatic heterocycles. The van der Waals surface area contributed by atoms with Crippen molar-refractivity contribution in [2.75, 3.05) is 6.54 Å². The number of carbonyl (C=O) groups excluding carboxylic acids is 1. The van der Waals surface area contributed by atoms with Gasteiger partial charge in [0, 0.05) is 42.5 Å². The van der Waals surface area contributed by atoms with E-state index in [2.05, 4.69) is 71.5 Å². The SMILES string of the molecule is Cc1cccc([C@@H](CC(=O)NCCc2ccccc2)c2cn(Cc3ccc(F)cc3)c3ccccc23)c1. The summed E-state index contributed by atoms with van der Waals surface area (Å²) in [7, 11) is 0. The molecule has 1 amide bonds. The van der Waals surface area contributed by atoms with Crippen molar-refractivity contribution in [1.29, 1.82) is 0 Å². The van der Waals surface area contributed by atoms with Crippen molar-refractivity contribution in [2.24, 2.45) is 0 Å². The quantitative estimate of drug-likeness (QED) is 0.237. The number of aromatic nitrogens is 1. The van der Waals surface area contributed by atoms with Gasteiger partial charge in [0.1, 0.15) is 5.82 Å². The molecule has 5 rings (SSSR count). The lowest BCUT2D eigenvalue weighted by Gasteiger charge is -2.18. The number of aryl methyl sites for hydroxylation is 1. The van der Waals surface area contributed by atoms with Crippen LogP contribution in [0.3, 0.4) is 0 Å². The minimum Gasteiger partial charge on any atom is -0.356 e. The van der Waals surface area contributed by atoms with E-state index in [-0.39, 0.29) is 17.6 Å². The van der Waals surface area contributed by atoms with Gasteiger partial charge in [0.05, 0.1) is 0 Å². The summed E-state index contributed by atoms with van der Waals surface area (Å²) in [5.41, 5.74) is 6.76. The molecule has 0 saturated carbocycles. The van der Waals surface area contributed by atoms with Crippen molar-refractivity contribution < 1.29 is 9.18 Å². The summed E-state index contributed by atoms with van der Waals surface area (Å²) < 4.78 is 15.7. The molecule has 4 heteroatoms. The number of halogens is 1. The van der Waals surface area contributed by atoms with Crippen LogP contribution in [0.1, 0.15) is 40.2 Å². The van der Waals surface area contributed by atoms with Crippen LogP contribution in [0.5, 0.6) is 0 Å². The number of carbonyl (C=O) groups is 1. The minimum absolute atomic E-state index is 0.0396. The highest BCUT2D eigenvalue weighted by Crippen LogP contribution is 2.35. The Kier molecular flexibility index (Phi) is 7.46. The lowest BCUT2D eigenvalue weighted by atomic mass is 9.87. The summed E-state index contributed by atoms with van der Waals surface area (Å²) in [5, 5.41) is 4.27. The lowest BCUT2D eigenvalue weighted by Crippen LogP contribution is -2.27. The van der Waals surface area contributed by atoms with Crippen molar-refractivity contribution in [1.82, 2.24) is 9.88 Å². The zero-order chi connectivity index (χ0) is 25.6. The van der Waals surface area contributed by atoms with Crippen molar-refractivity contribution >= 4 is 16.8 Å². The van der Waals surface area contributed by atoms with Gasteiger partial charge < -0.3 is 9.88 Å². The van der Waals surface area contributed by atoms with Gasteiger partial charge in [-0.25, -0.2) is 4.39 Å². The molecule has 1 N–H and O–H groups in total. The smallest absolute Gasteiger partial charge is 0.220 e. The van der Waals surface area contributed by atoms with E-state index < -0.39 is 0 Å². The number of nitrogens with zero attached hydrogens (tertiary/aromatic N) is 1. The Morgan fingerprint density at radius 3 is 2.41 bits per heavy atom. The molecule has 5 aromatic rings. The van der Waals surface area contributed by atoms with Crippen LogP contribution >= 0.6 is 0 Å². The predicted octanol–water partition coefficient (Wildman–Crippen LogP) is 7.02. The Hall–Kier alpha value is -4.18. The molecule has 0 radical (unpaired) electrons. The molecule has 1 heterocycles. The summed E-state index contributed by atoms with van der Waals surface area (Å²) in [5.74, 6) is -0.284. The van der Waals surface area contributed by atoms with E-state index in [0.29, 0.717) is 19.5 Å². The van der Waals surface area contributed by atoms with E-state index in [1.807, 2.05) is 42.5 Å². The van der Waals surface area contributed by atoms with E-state index in [4.69, 9.17) is 0 Å². The molecule has 0 bridgehead atoms. The van der Waals surface area contributed by atoms with Gasteiger partial charge in [-0.15, -0.1) is 0 Å². The van der Waals surface area contributed by atoms with Gasteiger partial charge in [-0.1, -0.05) is 90.5 Å². The van der Waals surface area contributed by atoms with Gasteiger partial charge in [0.15, 0.2) is 0 Å². The Balaban J connectivity index is 1.44. The first-order valence-electron chi connectivity index (χ1n) is 12.8. The van der Waals surface area contributed by atoms with Gasteiger partial charge in [0.2, 0.25) is 5.91 Å². The molecule has 0 saturated heterocycles. The zero-order valence-electron chi connectivity index (χ0n) is 21.0. The standard InChI is InChI=1S/C33H31FN2O/c1-24-8-7-11-27(20-24)30(21-33(37)35-19-18-25-9-3-2-4-10-25)31-23-36(32-13-6-5-12-29(31)32)22-26-14-16-28(34)17-15-26/h2-17,20,23,30H,18-19,21-22H2,1H3,(H,35,37)/t30-/m1/s1. The first kappa shape index (κ1) is 24.5. The maximum absolute atomic E-state index is 13.5. The molecule has 0 unspecified atom stereocenters. The third-order valence-electron chi connectivity index (χ3n) is 6.87. The maximum atomic E-state index is 13.5. The van der Waals surface area contributed by atoms with Crippen LogP contribution in [0.25, 0.3) is 10.9 Å². The molecular weight excluding hydrogens is 459 g/mol. The number of para-hydroxylation sites is 1. The number of hydrogen-bond donors (Lipinski definition) is 1. The molecule has 0 aliphatic heterocycles. The summed E-state index contributed by atoms with van der Waals surface area (Å²) in [6, 6.07) is 33.6. The Labute approximate surface area is 217 Å². The second-order valence-electron chi connectivity index (χ2n) is 9.61. The van der Waals surface area contributed by atoms with Crippen molar-refractivity contribution in [3.8, 4) is 0 Å². The van der Waals surface area contributed by atoms with Crippen molar-refractivity contribution in [3.63, 3.8) is 0 Å². The first-order chi connectivity index (χ1) is 18.1. The number of amides is 1. The lowest BCUT2D eigenvalue weighted by molar-refractivity contribution is -0.121. The zero-order valence-corrected chi connectivity index (χ0v) is 21.0. The van der Waals surface area contributed by atoms with Crippen LogP contribution in [0.2, 0.25) is 0 Å². The Morgan fingerprint density at radius 2 is 1.62 bits per heavy atom. The Morgan fingerprint density at radius 1 is 0.865 bits per heavy atom. The number of benzene rings is 4. The van der Waals surface area contributed by atoms with Crippen LogP contribution in [-0.4, -0.2) is 17.0 Å². The summed E-state index contributed by atoms with van der Waals surface area (Å²) >= 11 is 0. The molecule has 0 aliphatic carbocycles. The molecule has 4 aromatic carbocycles. The molecule has 0 fully saturated rings. The van der Waals surface area contributed by atoms with Crippen LogP contribution in [0.4, 0.5) is 4.39 Å². The molecule has 186 valence electrons. The average molecular weight is 491 g/mol. The predicted molar refractivity (Wildman–Crippen MR) is 148 cm³/mol. The Bertz CT molecular complexity index is 1490. The molecule has 0 aliphatic rings. The molecule has 1 atom stereocenters. The summed E-state index contributed by atoms with van der Waals surface area (Å²) in [4.78, 5) is 13.2. The molecular formula is C33H31FN2O. The fraction of sp³-hybridized carbons (Fsp3) is 0.182. The number of nitrogens with one attached hydrogen (secondary N) is 1. The van der Waals surface area contributed by atoms with E-state index >= 15 is 0 Å². The monoisotopic (exact) mass is 490 g/mol. The van der Waals surface area contributed by atoms with Crippen molar-refractivity contribution in [3.05, 3.63) is 143 Å². The van der Waals surface area contributed by atoms with Crippen LogP contribution in [0.15, 0.2) is 109 Å². The van der Waals surface area contributed by atoms with E-state index in [1.54, 1.807) is 0 Å². The fourth-order valence-corrected chi connectivity index (χ4v) is 5.01. The summed E-state index contributed by atoms with van der Waals surface area (Å²) in [6.07, 6.45) is 3.33. The summed E-state index contributed by atoms with van der Waals surface area (Å²) in [6.45, 7) is 3.32. The maximum Gasteiger partial charge on any atom is 0.220 e. The number of fused-ring (bicyclic) bond motifs is 1. The average Bonchev–Trinajstić information content (AvgIpc) is 3.27. The fourth-order valence-electron chi connectivity index (χ4n) is 5.01. The van der Waals surface area contributed by atoms with Gasteiger partial charge >= 0.3 is 0 Å². The highest BCUT2D eigenvalue weighted by Gasteiger charge is 2.23. The number of rotatable bonds is 9. The van der Waals surface area contributed by atoms with Crippen LogP contribution in [-0.2, 0) is 17.8 Å². The van der Waals surface area contributed by atoms with Crippen molar-refractivity contribution in [2.45, 2.75) is 32.2 Å². The van der Waals surface area contributed by atoms with Gasteiger partial charge in [-0.2, -0.15) is 0 Å². The molecule has 0 spiro atoms.